The molecule has 7 heteroatoms. The van der Waals surface area contributed by atoms with Crippen LogP contribution >= 0.6 is 0 Å². The van der Waals surface area contributed by atoms with Crippen LogP contribution in [0.1, 0.15) is 34.0 Å². The molecule has 0 atom stereocenters. The summed E-state index contributed by atoms with van der Waals surface area (Å²) >= 11 is 0. The number of nitrogens with two attached hydrogens (primary N) is 1. The minimum Gasteiger partial charge on any atom is -0.368 e. The van der Waals surface area contributed by atoms with Crippen LogP contribution in [-0.2, 0) is 17.9 Å². The number of aryl methyl sites for hydroxylation is 1. The molecule has 0 bridgehead atoms. The second-order valence-electron chi connectivity index (χ2n) is 6.86. The molecule has 0 aliphatic heterocycles. The lowest BCUT2D eigenvalue weighted by Crippen LogP contribution is -2.38. The molecule has 4 N–H and O–H groups in total. The van der Waals surface area contributed by atoms with Gasteiger partial charge in [0, 0.05) is 25.7 Å². The lowest BCUT2D eigenvalue weighted by atomic mass is 10.1. The summed E-state index contributed by atoms with van der Waals surface area (Å²) in [5.74, 6) is -0.0867. The van der Waals surface area contributed by atoms with Crippen LogP contribution in [0.4, 0.5) is 0 Å². The van der Waals surface area contributed by atoms with Crippen molar-refractivity contribution in [3.05, 3.63) is 70.8 Å². The van der Waals surface area contributed by atoms with Crippen molar-refractivity contribution >= 4 is 17.8 Å². The van der Waals surface area contributed by atoms with E-state index in [1.165, 1.54) is 11.1 Å². The maximum absolute atomic E-state index is 11.9. The van der Waals surface area contributed by atoms with Crippen molar-refractivity contribution in [2.75, 3.05) is 20.1 Å². The predicted octanol–water partition coefficient (Wildman–Crippen LogP) is 1.81. The number of guanidine groups is 1. The average molecular weight is 396 g/mol. The number of hydrogen-bond donors (Lipinski definition) is 3. The summed E-state index contributed by atoms with van der Waals surface area (Å²) < 4.78 is 0. The number of benzene rings is 2. The monoisotopic (exact) mass is 395 g/mol. The van der Waals surface area contributed by atoms with E-state index in [0.717, 1.165) is 24.6 Å². The van der Waals surface area contributed by atoms with Crippen molar-refractivity contribution in [1.29, 1.82) is 0 Å². The molecule has 2 amide bonds. The summed E-state index contributed by atoms with van der Waals surface area (Å²) in [4.78, 5) is 29.5. The standard InChI is InChI=1S/C22H29N5O2/c1-4-24-22(27(3)15-18-7-5-16(2)6-8-18)26-13-17-9-11-19(12-10-17)21(29)25-14-20(23)28/h5-12H,4,13-15H2,1-3H3,(H2,23,28)(H,24,26)(H,25,29). The second-order valence-corrected chi connectivity index (χ2v) is 6.86. The Bertz CT molecular complexity index is 845. The minimum atomic E-state index is -0.574. The van der Waals surface area contributed by atoms with E-state index < -0.39 is 5.91 Å². The number of hydrogen-bond acceptors (Lipinski definition) is 3. The van der Waals surface area contributed by atoms with Crippen LogP contribution in [0.2, 0.25) is 0 Å². The first-order valence-electron chi connectivity index (χ1n) is 9.59. The molecule has 0 aromatic heterocycles. The largest absolute Gasteiger partial charge is 0.368 e. The Morgan fingerprint density at radius 3 is 2.21 bits per heavy atom. The SMILES string of the molecule is CCNC(=NCc1ccc(C(=O)NCC(N)=O)cc1)N(C)Cc1ccc(C)cc1. The van der Waals surface area contributed by atoms with Gasteiger partial charge in [0.15, 0.2) is 5.96 Å². The third-order valence-corrected chi connectivity index (χ3v) is 4.29. The molecule has 2 rings (SSSR count). The Morgan fingerprint density at radius 2 is 1.62 bits per heavy atom. The van der Waals surface area contributed by atoms with Gasteiger partial charge in [-0.2, -0.15) is 0 Å². The van der Waals surface area contributed by atoms with Gasteiger partial charge >= 0.3 is 0 Å². The lowest BCUT2D eigenvalue weighted by Gasteiger charge is -2.22. The number of primary amides is 1. The normalized spacial score (nSPS) is 11.1. The van der Waals surface area contributed by atoms with Crippen LogP contribution < -0.4 is 16.4 Å². The summed E-state index contributed by atoms with van der Waals surface area (Å²) in [5, 5.41) is 5.78. The van der Waals surface area contributed by atoms with E-state index in [4.69, 9.17) is 10.7 Å². The number of aliphatic imine (C=N–C) groups is 1. The summed E-state index contributed by atoms with van der Waals surface area (Å²) in [5.41, 5.74) is 8.95. The molecule has 0 radical (unpaired) electrons. The van der Waals surface area contributed by atoms with Crippen LogP contribution in [0.5, 0.6) is 0 Å². The fourth-order valence-corrected chi connectivity index (χ4v) is 2.71. The van der Waals surface area contributed by atoms with Gasteiger partial charge in [0.05, 0.1) is 13.1 Å². The summed E-state index contributed by atoms with van der Waals surface area (Å²) in [6.07, 6.45) is 0. The second kappa shape index (κ2) is 10.8. The number of amides is 2. The van der Waals surface area contributed by atoms with Crippen molar-refractivity contribution in [2.45, 2.75) is 26.9 Å². The summed E-state index contributed by atoms with van der Waals surface area (Å²) in [6, 6.07) is 15.6. The number of nitrogens with zero attached hydrogens (tertiary/aromatic N) is 2. The first-order valence-corrected chi connectivity index (χ1v) is 9.59. The van der Waals surface area contributed by atoms with E-state index in [1.54, 1.807) is 12.1 Å². The molecule has 154 valence electrons. The van der Waals surface area contributed by atoms with Gasteiger partial charge in [-0.05, 0) is 37.1 Å². The molecule has 2 aromatic rings. The van der Waals surface area contributed by atoms with Crippen molar-refractivity contribution < 1.29 is 9.59 Å². The fourth-order valence-electron chi connectivity index (χ4n) is 2.71. The maximum Gasteiger partial charge on any atom is 0.251 e. The highest BCUT2D eigenvalue weighted by Crippen LogP contribution is 2.08. The highest BCUT2D eigenvalue weighted by molar-refractivity contribution is 5.96. The number of rotatable bonds is 8. The molecule has 0 saturated carbocycles. The molecule has 0 aliphatic carbocycles. The van der Waals surface area contributed by atoms with Crippen LogP contribution in [-0.4, -0.2) is 42.8 Å². The van der Waals surface area contributed by atoms with Crippen LogP contribution in [0.15, 0.2) is 53.5 Å². The Labute approximate surface area is 172 Å². The molecule has 29 heavy (non-hydrogen) atoms. The van der Waals surface area contributed by atoms with E-state index in [-0.39, 0.29) is 12.5 Å². The van der Waals surface area contributed by atoms with Crippen LogP contribution in [0.25, 0.3) is 0 Å². The smallest absolute Gasteiger partial charge is 0.251 e. The first kappa shape index (κ1) is 21.9. The van der Waals surface area contributed by atoms with Crippen LogP contribution in [0.3, 0.4) is 0 Å². The Balaban J connectivity index is 2.00. The summed E-state index contributed by atoms with van der Waals surface area (Å²) in [7, 11) is 2.01. The van der Waals surface area contributed by atoms with Gasteiger partial charge in [0.25, 0.3) is 5.91 Å². The average Bonchev–Trinajstić information content (AvgIpc) is 2.71. The van der Waals surface area contributed by atoms with Gasteiger partial charge in [-0.25, -0.2) is 4.99 Å². The topological polar surface area (TPSA) is 99.8 Å². The molecule has 0 unspecified atom stereocenters. The quantitative estimate of drug-likeness (QED) is 0.469. The number of carbonyl (C=O) groups is 2. The third kappa shape index (κ3) is 7.29. The molecule has 0 fully saturated rings. The predicted molar refractivity (Wildman–Crippen MR) is 115 cm³/mol. The van der Waals surface area contributed by atoms with Crippen molar-refractivity contribution in [1.82, 2.24) is 15.5 Å². The van der Waals surface area contributed by atoms with Gasteiger partial charge in [0.2, 0.25) is 5.91 Å². The highest BCUT2D eigenvalue weighted by Gasteiger charge is 2.08. The molecule has 0 spiro atoms. The first-order chi connectivity index (χ1) is 13.9. The van der Waals surface area contributed by atoms with Gasteiger partial charge in [-0.3, -0.25) is 9.59 Å². The van der Waals surface area contributed by atoms with E-state index in [9.17, 15) is 9.59 Å². The Morgan fingerprint density at radius 1 is 1.00 bits per heavy atom. The van der Waals surface area contributed by atoms with Gasteiger partial charge in [-0.1, -0.05) is 42.0 Å². The molecule has 7 nitrogen and oxygen atoms in total. The van der Waals surface area contributed by atoms with E-state index in [0.29, 0.717) is 12.1 Å². The molecule has 0 aliphatic rings. The Kier molecular flexibility index (Phi) is 8.21. The minimum absolute atomic E-state index is 0.176. The van der Waals surface area contributed by atoms with Gasteiger partial charge in [-0.15, -0.1) is 0 Å². The van der Waals surface area contributed by atoms with E-state index in [1.807, 2.05) is 26.1 Å². The molecular weight excluding hydrogens is 366 g/mol. The lowest BCUT2D eigenvalue weighted by molar-refractivity contribution is -0.117. The zero-order valence-corrected chi connectivity index (χ0v) is 17.2. The maximum atomic E-state index is 11.9. The molecular formula is C22H29N5O2. The van der Waals surface area contributed by atoms with Crippen LogP contribution in [0, 0.1) is 6.92 Å². The molecule has 0 saturated heterocycles. The van der Waals surface area contributed by atoms with Crippen molar-refractivity contribution in [3.63, 3.8) is 0 Å². The third-order valence-electron chi connectivity index (χ3n) is 4.29. The van der Waals surface area contributed by atoms with E-state index >= 15 is 0 Å². The molecule has 0 heterocycles. The Hall–Kier alpha value is -3.35. The van der Waals surface area contributed by atoms with Crippen molar-refractivity contribution in [2.24, 2.45) is 10.7 Å². The molecule has 2 aromatic carbocycles. The number of carbonyl (C=O) groups excluding carboxylic acids is 2. The zero-order chi connectivity index (χ0) is 21.2. The highest BCUT2D eigenvalue weighted by atomic mass is 16.2. The zero-order valence-electron chi connectivity index (χ0n) is 17.2. The number of nitrogens with one attached hydrogen (secondary N) is 2. The van der Waals surface area contributed by atoms with Gasteiger partial charge < -0.3 is 21.3 Å². The van der Waals surface area contributed by atoms with E-state index in [2.05, 4.69) is 46.7 Å². The van der Waals surface area contributed by atoms with Gasteiger partial charge in [0.1, 0.15) is 0 Å². The van der Waals surface area contributed by atoms with Crippen molar-refractivity contribution in [3.8, 4) is 0 Å². The summed E-state index contributed by atoms with van der Waals surface area (Å²) in [6.45, 7) is 5.95. The fraction of sp³-hybridized carbons (Fsp3) is 0.318.